The summed E-state index contributed by atoms with van der Waals surface area (Å²) in [6, 6.07) is 10.1. The monoisotopic (exact) mass is 447 g/mol. The number of hydrogen-bond donors (Lipinski definition) is 1. The molecular weight excluding hydrogens is 422 g/mol. The van der Waals surface area contributed by atoms with E-state index in [-0.39, 0.29) is 5.91 Å². The van der Waals surface area contributed by atoms with Gasteiger partial charge in [-0.05, 0) is 59.6 Å². The van der Waals surface area contributed by atoms with Gasteiger partial charge in [0.2, 0.25) is 0 Å². The van der Waals surface area contributed by atoms with Gasteiger partial charge in [0.1, 0.15) is 12.4 Å². The fourth-order valence-corrected chi connectivity index (χ4v) is 3.55. The van der Waals surface area contributed by atoms with Gasteiger partial charge in [0.15, 0.2) is 0 Å². The van der Waals surface area contributed by atoms with Crippen LogP contribution in [0.4, 0.5) is 0 Å². The van der Waals surface area contributed by atoms with Crippen LogP contribution < -0.4 is 10.1 Å². The van der Waals surface area contributed by atoms with Crippen molar-refractivity contribution in [3.05, 3.63) is 58.3 Å². The van der Waals surface area contributed by atoms with Crippen molar-refractivity contribution in [3.8, 4) is 5.75 Å². The summed E-state index contributed by atoms with van der Waals surface area (Å²) in [6.45, 7) is 3.64. The molecule has 0 unspecified atom stereocenters. The van der Waals surface area contributed by atoms with Crippen LogP contribution >= 0.6 is 15.9 Å². The van der Waals surface area contributed by atoms with E-state index >= 15 is 0 Å². The SMILES string of the molecule is CN(CCOc1cccc(CNC(=O)c2cncc(Br)c2)c1)C1CCOCC1. The number of amides is 1. The first-order chi connectivity index (χ1) is 13.6. The summed E-state index contributed by atoms with van der Waals surface area (Å²) >= 11 is 3.33. The minimum atomic E-state index is -0.154. The maximum atomic E-state index is 12.2. The molecule has 1 N–H and O–H groups in total. The number of aromatic nitrogens is 1. The molecule has 0 bridgehead atoms. The van der Waals surface area contributed by atoms with Gasteiger partial charge in [-0.1, -0.05) is 12.1 Å². The Morgan fingerprint density at radius 3 is 2.93 bits per heavy atom. The van der Waals surface area contributed by atoms with Crippen LogP contribution in [0.25, 0.3) is 0 Å². The van der Waals surface area contributed by atoms with Crippen LogP contribution in [0, 0.1) is 0 Å². The Labute approximate surface area is 174 Å². The molecular formula is C21H26BrN3O3. The van der Waals surface area contributed by atoms with Crippen molar-refractivity contribution in [2.24, 2.45) is 0 Å². The number of nitrogens with zero attached hydrogens (tertiary/aromatic N) is 2. The molecule has 0 radical (unpaired) electrons. The zero-order valence-corrected chi connectivity index (χ0v) is 17.7. The molecule has 1 fully saturated rings. The van der Waals surface area contributed by atoms with Crippen molar-refractivity contribution in [2.75, 3.05) is 33.4 Å². The van der Waals surface area contributed by atoms with Gasteiger partial charge in [-0.15, -0.1) is 0 Å². The van der Waals surface area contributed by atoms with Crippen molar-refractivity contribution in [1.82, 2.24) is 15.2 Å². The first kappa shape index (κ1) is 20.8. The predicted molar refractivity (Wildman–Crippen MR) is 112 cm³/mol. The number of likely N-dealkylation sites (N-methyl/N-ethyl adjacent to an activating group) is 1. The van der Waals surface area contributed by atoms with Crippen LogP contribution in [0.5, 0.6) is 5.75 Å². The van der Waals surface area contributed by atoms with Crippen molar-refractivity contribution < 1.29 is 14.3 Å². The molecule has 1 aliphatic heterocycles. The topological polar surface area (TPSA) is 63.7 Å². The predicted octanol–water partition coefficient (Wildman–Crippen LogP) is 3.26. The molecule has 1 aromatic carbocycles. The molecule has 28 heavy (non-hydrogen) atoms. The molecule has 0 atom stereocenters. The Hall–Kier alpha value is -1.96. The molecule has 1 aromatic heterocycles. The van der Waals surface area contributed by atoms with E-state index < -0.39 is 0 Å². The molecule has 0 saturated carbocycles. The number of carbonyl (C=O) groups is 1. The van der Waals surface area contributed by atoms with Gasteiger partial charge < -0.3 is 14.8 Å². The molecule has 6 nitrogen and oxygen atoms in total. The quantitative estimate of drug-likeness (QED) is 0.672. The number of hydrogen-bond acceptors (Lipinski definition) is 5. The van der Waals surface area contributed by atoms with E-state index in [0.29, 0.717) is 24.8 Å². The first-order valence-electron chi connectivity index (χ1n) is 9.50. The Bertz CT molecular complexity index is 781. The van der Waals surface area contributed by atoms with Gasteiger partial charge in [0, 0.05) is 49.2 Å². The molecule has 0 aliphatic carbocycles. The second kappa shape index (κ2) is 10.5. The lowest BCUT2D eigenvalue weighted by Crippen LogP contribution is -2.38. The number of nitrogens with one attached hydrogen (secondary N) is 1. The Morgan fingerprint density at radius 2 is 2.14 bits per heavy atom. The minimum absolute atomic E-state index is 0.154. The van der Waals surface area contributed by atoms with Crippen LogP contribution in [-0.4, -0.2) is 55.2 Å². The van der Waals surface area contributed by atoms with Gasteiger partial charge in [0.25, 0.3) is 5.91 Å². The van der Waals surface area contributed by atoms with Crippen LogP contribution in [0.3, 0.4) is 0 Å². The minimum Gasteiger partial charge on any atom is -0.492 e. The summed E-state index contributed by atoms with van der Waals surface area (Å²) in [6.07, 6.45) is 5.37. The van der Waals surface area contributed by atoms with Gasteiger partial charge >= 0.3 is 0 Å². The van der Waals surface area contributed by atoms with E-state index in [1.54, 1.807) is 18.5 Å². The molecule has 2 heterocycles. The van der Waals surface area contributed by atoms with Crippen molar-refractivity contribution in [1.29, 1.82) is 0 Å². The summed E-state index contributed by atoms with van der Waals surface area (Å²) in [5.41, 5.74) is 1.52. The number of pyridine rings is 1. The second-order valence-electron chi connectivity index (χ2n) is 6.89. The van der Waals surface area contributed by atoms with E-state index in [2.05, 4.69) is 38.2 Å². The van der Waals surface area contributed by atoms with Crippen LogP contribution in [0.2, 0.25) is 0 Å². The highest BCUT2D eigenvalue weighted by Gasteiger charge is 2.18. The number of halogens is 1. The molecule has 2 aromatic rings. The first-order valence-corrected chi connectivity index (χ1v) is 10.3. The highest BCUT2D eigenvalue weighted by Crippen LogP contribution is 2.15. The summed E-state index contributed by atoms with van der Waals surface area (Å²) in [5.74, 6) is 0.662. The van der Waals surface area contributed by atoms with Gasteiger partial charge in [-0.2, -0.15) is 0 Å². The molecule has 1 aliphatic rings. The third-order valence-corrected chi connectivity index (χ3v) is 5.28. The fraction of sp³-hybridized carbons (Fsp3) is 0.429. The summed E-state index contributed by atoms with van der Waals surface area (Å²) in [5, 5.41) is 2.91. The molecule has 1 saturated heterocycles. The lowest BCUT2D eigenvalue weighted by molar-refractivity contribution is 0.0392. The third kappa shape index (κ3) is 6.29. The Balaban J connectivity index is 1.45. The maximum Gasteiger partial charge on any atom is 0.253 e. The average Bonchev–Trinajstić information content (AvgIpc) is 2.73. The molecule has 3 rings (SSSR count). The van der Waals surface area contributed by atoms with Crippen LogP contribution in [0.15, 0.2) is 47.2 Å². The summed E-state index contributed by atoms with van der Waals surface area (Å²) < 4.78 is 12.1. The Kier molecular flexibility index (Phi) is 7.82. The van der Waals surface area contributed by atoms with E-state index in [0.717, 1.165) is 48.4 Å². The highest BCUT2D eigenvalue weighted by atomic mass is 79.9. The largest absolute Gasteiger partial charge is 0.492 e. The van der Waals surface area contributed by atoms with Gasteiger partial charge in [0.05, 0.1) is 5.56 Å². The molecule has 150 valence electrons. The van der Waals surface area contributed by atoms with Crippen LogP contribution in [0.1, 0.15) is 28.8 Å². The van der Waals surface area contributed by atoms with E-state index in [1.807, 2.05) is 24.3 Å². The van der Waals surface area contributed by atoms with Crippen molar-refractivity contribution >= 4 is 21.8 Å². The zero-order chi connectivity index (χ0) is 19.8. The number of benzene rings is 1. The average molecular weight is 448 g/mol. The van der Waals surface area contributed by atoms with E-state index in [9.17, 15) is 4.79 Å². The smallest absolute Gasteiger partial charge is 0.253 e. The van der Waals surface area contributed by atoms with Crippen LogP contribution in [-0.2, 0) is 11.3 Å². The molecule has 7 heteroatoms. The normalized spacial score (nSPS) is 14.8. The number of ether oxygens (including phenoxy) is 2. The molecule has 0 spiro atoms. The van der Waals surface area contributed by atoms with Gasteiger partial charge in [-0.3, -0.25) is 14.7 Å². The molecule has 1 amide bonds. The second-order valence-corrected chi connectivity index (χ2v) is 7.81. The zero-order valence-electron chi connectivity index (χ0n) is 16.1. The van der Waals surface area contributed by atoms with Gasteiger partial charge in [-0.25, -0.2) is 0 Å². The standard InChI is InChI=1S/C21H26BrN3O3/c1-25(19-5-8-27-9-6-19)7-10-28-20-4-2-3-16(11-20)13-24-21(26)17-12-18(22)15-23-14-17/h2-4,11-12,14-15,19H,5-10,13H2,1H3,(H,24,26). The van der Waals surface area contributed by atoms with E-state index in [1.165, 1.54) is 0 Å². The lowest BCUT2D eigenvalue weighted by Gasteiger charge is -2.31. The maximum absolute atomic E-state index is 12.2. The number of rotatable bonds is 8. The van der Waals surface area contributed by atoms with Crippen molar-refractivity contribution in [3.63, 3.8) is 0 Å². The van der Waals surface area contributed by atoms with Crippen molar-refractivity contribution in [2.45, 2.75) is 25.4 Å². The lowest BCUT2D eigenvalue weighted by atomic mass is 10.1. The summed E-state index contributed by atoms with van der Waals surface area (Å²) in [7, 11) is 2.14. The third-order valence-electron chi connectivity index (χ3n) is 4.85. The Morgan fingerprint density at radius 1 is 1.32 bits per heavy atom. The highest BCUT2D eigenvalue weighted by molar-refractivity contribution is 9.10. The van der Waals surface area contributed by atoms with E-state index in [4.69, 9.17) is 9.47 Å². The fourth-order valence-electron chi connectivity index (χ4n) is 3.18. The summed E-state index contributed by atoms with van der Waals surface area (Å²) in [4.78, 5) is 18.6. The number of carbonyl (C=O) groups excluding carboxylic acids is 1.